The summed E-state index contributed by atoms with van der Waals surface area (Å²) in [5.74, 6) is -0.861. The first-order valence-electron chi connectivity index (χ1n) is 7.27. The standard InChI is InChI=1S/C16H24FNO2/c1-12(2)7-5-3-4-6-10-18-15-9-8-13(16(19)20)11-14(15)17/h8-9,11-12,18H,3-7,10H2,1-2H3,(H,19,20). The number of unbranched alkanes of at least 4 members (excludes halogenated alkanes) is 3. The Morgan fingerprint density at radius 3 is 2.55 bits per heavy atom. The molecule has 0 amide bonds. The van der Waals surface area contributed by atoms with Gasteiger partial charge in [-0.15, -0.1) is 0 Å². The zero-order valence-corrected chi connectivity index (χ0v) is 12.3. The molecule has 1 aromatic rings. The number of halogens is 1. The molecule has 0 spiro atoms. The van der Waals surface area contributed by atoms with Gasteiger partial charge in [0.2, 0.25) is 0 Å². The summed E-state index contributed by atoms with van der Waals surface area (Å²) in [4.78, 5) is 10.7. The topological polar surface area (TPSA) is 49.3 Å². The van der Waals surface area contributed by atoms with E-state index < -0.39 is 11.8 Å². The largest absolute Gasteiger partial charge is 0.478 e. The van der Waals surface area contributed by atoms with Gasteiger partial charge in [0, 0.05) is 6.54 Å². The van der Waals surface area contributed by atoms with Crippen molar-refractivity contribution >= 4 is 11.7 Å². The van der Waals surface area contributed by atoms with Crippen LogP contribution in [-0.2, 0) is 0 Å². The Labute approximate surface area is 120 Å². The number of carbonyl (C=O) groups is 1. The summed E-state index contributed by atoms with van der Waals surface area (Å²) < 4.78 is 13.6. The van der Waals surface area contributed by atoms with Crippen LogP contribution >= 0.6 is 0 Å². The summed E-state index contributed by atoms with van der Waals surface area (Å²) >= 11 is 0. The summed E-state index contributed by atoms with van der Waals surface area (Å²) in [7, 11) is 0. The molecule has 0 fully saturated rings. The van der Waals surface area contributed by atoms with Crippen molar-refractivity contribution in [3.8, 4) is 0 Å². The Kier molecular flexibility index (Phi) is 7.05. The van der Waals surface area contributed by atoms with E-state index >= 15 is 0 Å². The number of anilines is 1. The lowest BCUT2D eigenvalue weighted by atomic mass is 10.0. The van der Waals surface area contributed by atoms with Gasteiger partial charge in [-0.25, -0.2) is 9.18 Å². The monoisotopic (exact) mass is 281 g/mol. The third-order valence-corrected chi connectivity index (χ3v) is 3.24. The summed E-state index contributed by atoms with van der Waals surface area (Å²) in [6, 6.07) is 3.95. The van der Waals surface area contributed by atoms with Gasteiger partial charge < -0.3 is 10.4 Å². The average Bonchev–Trinajstić information content (AvgIpc) is 2.38. The number of aromatic carboxylic acids is 1. The molecule has 0 aromatic heterocycles. The molecule has 0 saturated heterocycles. The SMILES string of the molecule is CC(C)CCCCCCNc1ccc(C(=O)O)cc1F. The molecule has 112 valence electrons. The Bertz CT molecular complexity index is 432. The van der Waals surface area contributed by atoms with Crippen LogP contribution in [0, 0.1) is 11.7 Å². The van der Waals surface area contributed by atoms with Crippen LogP contribution in [0.1, 0.15) is 56.3 Å². The van der Waals surface area contributed by atoms with Crippen LogP contribution in [-0.4, -0.2) is 17.6 Å². The Balaban J connectivity index is 2.24. The van der Waals surface area contributed by atoms with Crippen LogP contribution in [0.3, 0.4) is 0 Å². The van der Waals surface area contributed by atoms with E-state index in [9.17, 15) is 9.18 Å². The van der Waals surface area contributed by atoms with Gasteiger partial charge in [0.05, 0.1) is 11.3 Å². The zero-order chi connectivity index (χ0) is 15.0. The molecule has 2 N–H and O–H groups in total. The molecule has 0 aliphatic rings. The van der Waals surface area contributed by atoms with E-state index in [1.165, 1.54) is 31.4 Å². The quantitative estimate of drug-likeness (QED) is 0.653. The molecule has 0 unspecified atom stereocenters. The number of hydrogen-bond donors (Lipinski definition) is 2. The van der Waals surface area contributed by atoms with E-state index in [4.69, 9.17) is 5.11 Å². The van der Waals surface area contributed by atoms with Gasteiger partial charge in [0.1, 0.15) is 5.82 Å². The zero-order valence-electron chi connectivity index (χ0n) is 12.3. The Morgan fingerprint density at radius 2 is 1.95 bits per heavy atom. The maximum Gasteiger partial charge on any atom is 0.335 e. The molecular formula is C16H24FNO2. The molecule has 3 nitrogen and oxygen atoms in total. The summed E-state index contributed by atoms with van der Waals surface area (Å²) in [6.07, 6.45) is 5.85. The molecule has 0 radical (unpaired) electrons. The second-order valence-corrected chi connectivity index (χ2v) is 5.52. The highest BCUT2D eigenvalue weighted by Gasteiger charge is 2.07. The smallest absolute Gasteiger partial charge is 0.335 e. The Morgan fingerprint density at radius 1 is 1.25 bits per heavy atom. The minimum absolute atomic E-state index is 0.0262. The van der Waals surface area contributed by atoms with E-state index in [0.29, 0.717) is 12.2 Å². The third-order valence-electron chi connectivity index (χ3n) is 3.24. The van der Waals surface area contributed by atoms with E-state index in [2.05, 4.69) is 19.2 Å². The van der Waals surface area contributed by atoms with Crippen molar-refractivity contribution < 1.29 is 14.3 Å². The van der Waals surface area contributed by atoms with Gasteiger partial charge in [0.25, 0.3) is 0 Å². The van der Waals surface area contributed by atoms with Crippen LogP contribution in [0.4, 0.5) is 10.1 Å². The van der Waals surface area contributed by atoms with Gasteiger partial charge in [-0.3, -0.25) is 0 Å². The van der Waals surface area contributed by atoms with Gasteiger partial charge in [-0.2, -0.15) is 0 Å². The van der Waals surface area contributed by atoms with Crippen LogP contribution in [0.15, 0.2) is 18.2 Å². The molecule has 0 saturated carbocycles. The molecular weight excluding hydrogens is 257 g/mol. The van der Waals surface area contributed by atoms with Crippen molar-refractivity contribution in [3.63, 3.8) is 0 Å². The summed E-state index contributed by atoms with van der Waals surface area (Å²) in [5, 5.41) is 11.8. The number of rotatable bonds is 9. The highest BCUT2D eigenvalue weighted by molar-refractivity contribution is 5.88. The number of benzene rings is 1. The predicted molar refractivity (Wildman–Crippen MR) is 79.8 cm³/mol. The molecule has 1 aromatic carbocycles. The number of carboxylic acids is 1. The lowest BCUT2D eigenvalue weighted by Crippen LogP contribution is -2.05. The van der Waals surface area contributed by atoms with Gasteiger partial charge in [-0.1, -0.05) is 39.5 Å². The second-order valence-electron chi connectivity index (χ2n) is 5.52. The highest BCUT2D eigenvalue weighted by atomic mass is 19.1. The maximum atomic E-state index is 13.6. The van der Waals surface area contributed by atoms with Crippen molar-refractivity contribution in [2.45, 2.75) is 46.0 Å². The fraction of sp³-hybridized carbons (Fsp3) is 0.562. The molecule has 0 heterocycles. The molecule has 4 heteroatoms. The van der Waals surface area contributed by atoms with Crippen molar-refractivity contribution in [1.29, 1.82) is 0 Å². The molecule has 0 aliphatic carbocycles. The highest BCUT2D eigenvalue weighted by Crippen LogP contribution is 2.16. The van der Waals surface area contributed by atoms with Crippen molar-refractivity contribution in [2.75, 3.05) is 11.9 Å². The number of nitrogens with one attached hydrogen (secondary N) is 1. The van der Waals surface area contributed by atoms with E-state index in [0.717, 1.165) is 24.8 Å². The van der Waals surface area contributed by atoms with Crippen LogP contribution in [0.25, 0.3) is 0 Å². The van der Waals surface area contributed by atoms with Gasteiger partial charge >= 0.3 is 5.97 Å². The molecule has 0 atom stereocenters. The third kappa shape index (κ3) is 6.04. The molecule has 1 rings (SSSR count). The van der Waals surface area contributed by atoms with Crippen LogP contribution in [0.5, 0.6) is 0 Å². The Hall–Kier alpha value is -1.58. The first kappa shape index (κ1) is 16.5. The first-order valence-corrected chi connectivity index (χ1v) is 7.27. The van der Waals surface area contributed by atoms with Crippen molar-refractivity contribution in [1.82, 2.24) is 0 Å². The van der Waals surface area contributed by atoms with Crippen LogP contribution < -0.4 is 5.32 Å². The lowest BCUT2D eigenvalue weighted by molar-refractivity contribution is 0.0696. The van der Waals surface area contributed by atoms with Crippen LogP contribution in [0.2, 0.25) is 0 Å². The summed E-state index contributed by atoms with van der Waals surface area (Å²) in [6.45, 7) is 5.17. The average molecular weight is 281 g/mol. The van der Waals surface area contributed by atoms with E-state index in [1.807, 2.05) is 0 Å². The number of hydrogen-bond acceptors (Lipinski definition) is 2. The van der Waals surface area contributed by atoms with Gasteiger partial charge in [-0.05, 0) is 30.5 Å². The van der Waals surface area contributed by atoms with Crippen molar-refractivity contribution in [2.24, 2.45) is 5.92 Å². The minimum Gasteiger partial charge on any atom is -0.478 e. The number of carboxylic acid groups (broad SMARTS) is 1. The fourth-order valence-corrected chi connectivity index (χ4v) is 2.05. The first-order chi connectivity index (χ1) is 9.50. The predicted octanol–water partition coefficient (Wildman–Crippen LogP) is 4.54. The van der Waals surface area contributed by atoms with E-state index in [-0.39, 0.29) is 5.56 Å². The fourth-order valence-electron chi connectivity index (χ4n) is 2.05. The second kappa shape index (κ2) is 8.56. The van der Waals surface area contributed by atoms with E-state index in [1.54, 1.807) is 0 Å². The van der Waals surface area contributed by atoms with Crippen molar-refractivity contribution in [3.05, 3.63) is 29.6 Å². The lowest BCUT2D eigenvalue weighted by Gasteiger charge is -2.08. The molecule has 20 heavy (non-hydrogen) atoms. The van der Waals surface area contributed by atoms with Gasteiger partial charge in [0.15, 0.2) is 0 Å². The minimum atomic E-state index is -1.11. The molecule has 0 bridgehead atoms. The maximum absolute atomic E-state index is 13.6. The summed E-state index contributed by atoms with van der Waals surface area (Å²) in [5.41, 5.74) is 0.346. The normalized spacial score (nSPS) is 10.8. The molecule has 0 aliphatic heterocycles.